The lowest BCUT2D eigenvalue weighted by atomic mass is 9.85. The van der Waals surface area contributed by atoms with Crippen LogP contribution in [0.15, 0.2) is 83.9 Å². The minimum absolute atomic E-state index is 0.0846. The molecule has 1 saturated carbocycles. The number of rotatable bonds is 5. The molecular formula is C29H23N5O2. The zero-order valence-corrected chi connectivity index (χ0v) is 19.4. The molecule has 0 saturated heterocycles. The van der Waals surface area contributed by atoms with Crippen LogP contribution in [-0.2, 0) is 4.79 Å². The van der Waals surface area contributed by atoms with Gasteiger partial charge in [-0.1, -0.05) is 24.6 Å². The predicted octanol–water partition coefficient (Wildman–Crippen LogP) is 6.77. The van der Waals surface area contributed by atoms with E-state index < -0.39 is 0 Å². The molecule has 7 nitrogen and oxygen atoms in total. The number of amides is 1. The molecule has 0 unspecified atom stereocenters. The number of aromatic amines is 2. The Balaban J connectivity index is 1.26. The Morgan fingerprint density at radius 1 is 0.944 bits per heavy atom. The Kier molecular flexibility index (Phi) is 4.73. The molecule has 6 aromatic rings. The van der Waals surface area contributed by atoms with Crippen LogP contribution in [0, 0.1) is 5.92 Å². The quantitative estimate of drug-likeness (QED) is 0.257. The summed E-state index contributed by atoms with van der Waals surface area (Å²) in [4.78, 5) is 20.3. The molecule has 4 aromatic heterocycles. The van der Waals surface area contributed by atoms with Crippen molar-refractivity contribution in [3.05, 3.63) is 79.5 Å². The van der Waals surface area contributed by atoms with E-state index in [1.165, 1.54) is 0 Å². The lowest BCUT2D eigenvalue weighted by Gasteiger charge is -2.24. The molecule has 7 heteroatoms. The number of carbonyl (C=O) groups is 1. The van der Waals surface area contributed by atoms with Crippen molar-refractivity contribution in [2.45, 2.75) is 19.3 Å². The highest BCUT2D eigenvalue weighted by Gasteiger charge is 2.25. The molecule has 3 N–H and O–H groups in total. The minimum atomic E-state index is 0.0846. The van der Waals surface area contributed by atoms with Gasteiger partial charge in [0.1, 0.15) is 5.69 Å². The van der Waals surface area contributed by atoms with Crippen LogP contribution in [0.4, 0.5) is 5.69 Å². The number of hydrogen-bond acceptors (Lipinski definition) is 4. The van der Waals surface area contributed by atoms with Gasteiger partial charge in [0.2, 0.25) is 5.91 Å². The molecule has 0 bridgehead atoms. The molecule has 1 fully saturated rings. The number of pyridine rings is 1. The first-order valence-electron chi connectivity index (χ1n) is 12.1. The SMILES string of the molecule is O=C(Nc1cncc(-c2ccc3[nH]nc(-c4cc5c(-c6ccoc6)cccc5[nH]4)c3c2)c1)C1CCC1. The largest absolute Gasteiger partial charge is 0.472 e. The van der Waals surface area contributed by atoms with Crippen molar-refractivity contribution in [3.8, 4) is 33.6 Å². The smallest absolute Gasteiger partial charge is 0.227 e. The van der Waals surface area contributed by atoms with Crippen molar-refractivity contribution in [2.75, 3.05) is 5.32 Å². The third-order valence-electron chi connectivity index (χ3n) is 7.13. The molecule has 36 heavy (non-hydrogen) atoms. The maximum absolute atomic E-state index is 12.4. The number of carbonyl (C=O) groups excluding carboxylic acids is 1. The summed E-state index contributed by atoms with van der Waals surface area (Å²) in [7, 11) is 0. The second kappa shape index (κ2) is 8.23. The van der Waals surface area contributed by atoms with Gasteiger partial charge in [0.05, 0.1) is 35.6 Å². The van der Waals surface area contributed by atoms with Crippen molar-refractivity contribution in [2.24, 2.45) is 5.92 Å². The third-order valence-corrected chi connectivity index (χ3v) is 7.13. The Bertz CT molecular complexity index is 1720. The van der Waals surface area contributed by atoms with Crippen molar-refractivity contribution >= 4 is 33.4 Å². The summed E-state index contributed by atoms with van der Waals surface area (Å²) >= 11 is 0. The molecule has 1 amide bonds. The fraction of sp³-hybridized carbons (Fsp3) is 0.138. The number of nitrogens with one attached hydrogen (secondary N) is 3. The van der Waals surface area contributed by atoms with E-state index in [1.54, 1.807) is 18.7 Å². The molecule has 4 heterocycles. The van der Waals surface area contributed by atoms with Gasteiger partial charge in [0, 0.05) is 39.5 Å². The predicted molar refractivity (Wildman–Crippen MR) is 140 cm³/mol. The first-order valence-corrected chi connectivity index (χ1v) is 12.1. The Morgan fingerprint density at radius 3 is 2.72 bits per heavy atom. The molecule has 0 atom stereocenters. The van der Waals surface area contributed by atoms with Gasteiger partial charge in [0.15, 0.2) is 0 Å². The highest BCUT2D eigenvalue weighted by atomic mass is 16.3. The van der Waals surface area contributed by atoms with Crippen molar-refractivity contribution < 1.29 is 9.21 Å². The zero-order chi connectivity index (χ0) is 24.1. The van der Waals surface area contributed by atoms with Gasteiger partial charge in [-0.25, -0.2) is 0 Å². The molecule has 1 aliphatic rings. The van der Waals surface area contributed by atoms with E-state index in [1.807, 2.05) is 36.5 Å². The first-order chi connectivity index (χ1) is 17.7. The van der Waals surface area contributed by atoms with E-state index >= 15 is 0 Å². The molecular weight excluding hydrogens is 450 g/mol. The average Bonchev–Trinajstić information content (AvgIpc) is 3.61. The molecule has 1 aliphatic carbocycles. The van der Waals surface area contributed by atoms with E-state index in [0.717, 1.165) is 80.4 Å². The van der Waals surface area contributed by atoms with Crippen LogP contribution in [0.2, 0.25) is 0 Å². The topological polar surface area (TPSA) is 99.6 Å². The van der Waals surface area contributed by atoms with Gasteiger partial charge in [-0.2, -0.15) is 5.10 Å². The summed E-state index contributed by atoms with van der Waals surface area (Å²) in [5.74, 6) is 0.213. The maximum atomic E-state index is 12.4. The second-order valence-corrected chi connectivity index (χ2v) is 9.37. The molecule has 7 rings (SSSR count). The number of fused-ring (bicyclic) bond motifs is 2. The number of H-pyrrole nitrogens is 2. The number of benzene rings is 2. The van der Waals surface area contributed by atoms with Gasteiger partial charge in [-0.3, -0.25) is 14.9 Å². The molecule has 176 valence electrons. The lowest BCUT2D eigenvalue weighted by Crippen LogP contribution is -2.28. The highest BCUT2D eigenvalue weighted by Crippen LogP contribution is 2.35. The fourth-order valence-corrected chi connectivity index (χ4v) is 4.93. The van der Waals surface area contributed by atoms with Crippen molar-refractivity contribution in [3.63, 3.8) is 0 Å². The first kappa shape index (κ1) is 20.7. The van der Waals surface area contributed by atoms with E-state index in [9.17, 15) is 4.79 Å². The minimum Gasteiger partial charge on any atom is -0.472 e. The summed E-state index contributed by atoms with van der Waals surface area (Å²) < 4.78 is 5.30. The lowest BCUT2D eigenvalue weighted by molar-refractivity contribution is -0.122. The zero-order valence-electron chi connectivity index (χ0n) is 19.4. The highest BCUT2D eigenvalue weighted by molar-refractivity contribution is 6.02. The summed E-state index contributed by atoms with van der Waals surface area (Å²) in [6.45, 7) is 0. The summed E-state index contributed by atoms with van der Waals surface area (Å²) in [6.07, 6.45) is 10.0. The summed E-state index contributed by atoms with van der Waals surface area (Å²) in [5.41, 5.74) is 8.59. The molecule has 0 spiro atoms. The molecule has 0 aliphatic heterocycles. The van der Waals surface area contributed by atoms with Crippen molar-refractivity contribution in [1.82, 2.24) is 20.2 Å². The van der Waals surface area contributed by atoms with Gasteiger partial charge in [-0.15, -0.1) is 0 Å². The van der Waals surface area contributed by atoms with Gasteiger partial charge >= 0.3 is 0 Å². The number of aromatic nitrogens is 4. The number of anilines is 1. The Morgan fingerprint density at radius 2 is 1.89 bits per heavy atom. The van der Waals surface area contributed by atoms with E-state index in [4.69, 9.17) is 4.42 Å². The van der Waals surface area contributed by atoms with E-state index in [0.29, 0.717) is 0 Å². The number of hydrogen-bond donors (Lipinski definition) is 3. The van der Waals surface area contributed by atoms with Crippen LogP contribution >= 0.6 is 0 Å². The van der Waals surface area contributed by atoms with Crippen LogP contribution in [0.5, 0.6) is 0 Å². The van der Waals surface area contributed by atoms with Gasteiger partial charge in [-0.05, 0) is 60.4 Å². The van der Waals surface area contributed by atoms with Crippen molar-refractivity contribution in [1.29, 1.82) is 0 Å². The van der Waals surface area contributed by atoms with Gasteiger partial charge in [0.25, 0.3) is 0 Å². The number of furan rings is 1. The summed E-state index contributed by atoms with van der Waals surface area (Å²) in [5, 5.41) is 12.9. The average molecular weight is 474 g/mol. The van der Waals surface area contributed by atoms with Crippen LogP contribution in [-0.4, -0.2) is 26.1 Å². The second-order valence-electron chi connectivity index (χ2n) is 9.37. The maximum Gasteiger partial charge on any atom is 0.227 e. The van der Waals surface area contributed by atoms with Crippen LogP contribution < -0.4 is 5.32 Å². The van der Waals surface area contributed by atoms with E-state index in [2.05, 4.69) is 49.7 Å². The number of nitrogens with zero attached hydrogens (tertiary/aromatic N) is 2. The Labute approximate surface area is 206 Å². The van der Waals surface area contributed by atoms with E-state index in [-0.39, 0.29) is 11.8 Å². The van der Waals surface area contributed by atoms with Gasteiger partial charge < -0.3 is 14.7 Å². The monoisotopic (exact) mass is 473 g/mol. The van der Waals surface area contributed by atoms with Crippen LogP contribution in [0.3, 0.4) is 0 Å². The third kappa shape index (κ3) is 3.48. The normalized spacial score (nSPS) is 13.8. The van der Waals surface area contributed by atoms with Crippen LogP contribution in [0.25, 0.3) is 55.4 Å². The Hall–Kier alpha value is -4.65. The summed E-state index contributed by atoms with van der Waals surface area (Å²) in [6, 6.07) is 18.5. The fourth-order valence-electron chi connectivity index (χ4n) is 4.93. The standard InChI is InChI=1S/C29H23N5O2/c35-29(17-3-1-4-17)31-21-11-20(14-30-15-21)18-7-8-26-24(12-18)28(34-33-26)27-13-23-22(19-9-10-36-16-19)5-2-6-25(23)32-27/h2,5-17,32H,1,3-4H2,(H,31,35)(H,33,34). The molecule has 2 aromatic carbocycles. The van der Waals surface area contributed by atoms with Crippen LogP contribution in [0.1, 0.15) is 19.3 Å². The molecule has 0 radical (unpaired) electrons.